The van der Waals surface area contributed by atoms with Crippen LogP contribution in [0.25, 0.3) is 0 Å². The summed E-state index contributed by atoms with van der Waals surface area (Å²) in [6.45, 7) is 7.43. The molecule has 0 amide bonds. The van der Waals surface area contributed by atoms with Crippen LogP contribution in [0.15, 0.2) is 4.42 Å². The third-order valence-corrected chi connectivity index (χ3v) is 5.82. The molecule has 1 aliphatic heterocycles. The number of piperidine rings is 1. The number of imidazole rings is 1. The lowest BCUT2D eigenvalue weighted by atomic mass is 9.89. The van der Waals surface area contributed by atoms with Crippen molar-refractivity contribution in [3.63, 3.8) is 0 Å². The van der Waals surface area contributed by atoms with E-state index in [4.69, 9.17) is 20.8 Å². The molecule has 10 heteroatoms. The van der Waals surface area contributed by atoms with Gasteiger partial charge in [-0.1, -0.05) is 32.4 Å². The van der Waals surface area contributed by atoms with Crippen molar-refractivity contribution in [1.82, 2.24) is 15.0 Å². The van der Waals surface area contributed by atoms with Crippen LogP contribution in [-0.4, -0.2) is 57.6 Å². The second-order valence-corrected chi connectivity index (χ2v) is 8.02. The monoisotopic (exact) mass is 452 g/mol. The minimum atomic E-state index is -1.10. The molecule has 0 radical (unpaired) electrons. The highest BCUT2D eigenvalue weighted by atomic mass is 35.5. The van der Waals surface area contributed by atoms with Crippen molar-refractivity contribution in [2.75, 3.05) is 24.6 Å². The molecule has 0 bridgehead atoms. The molecule has 0 aromatic carbocycles. The summed E-state index contributed by atoms with van der Waals surface area (Å²) in [7, 11) is 0. The largest absolute Gasteiger partial charge is 0.476 e. The number of anilines is 1. The Morgan fingerprint density at radius 1 is 1.29 bits per heavy atom. The lowest BCUT2D eigenvalue weighted by Gasteiger charge is -2.37. The minimum absolute atomic E-state index is 0.00352. The summed E-state index contributed by atoms with van der Waals surface area (Å²) in [5.41, 5.74) is 0.700. The fourth-order valence-electron chi connectivity index (χ4n) is 3.80. The van der Waals surface area contributed by atoms with Crippen LogP contribution in [0.1, 0.15) is 72.6 Å². The number of ketones is 1. The van der Waals surface area contributed by atoms with E-state index in [1.807, 2.05) is 25.7 Å². The fourth-order valence-corrected chi connectivity index (χ4v) is 4.07. The van der Waals surface area contributed by atoms with Gasteiger partial charge in [-0.2, -0.15) is 4.98 Å². The third-order valence-electron chi connectivity index (χ3n) is 5.51. The van der Waals surface area contributed by atoms with Gasteiger partial charge >= 0.3 is 5.97 Å². The topological polar surface area (TPSA) is 122 Å². The van der Waals surface area contributed by atoms with E-state index in [1.165, 1.54) is 0 Å². The van der Waals surface area contributed by atoms with Crippen LogP contribution in [0.2, 0.25) is 5.15 Å². The van der Waals surface area contributed by atoms with Crippen LogP contribution in [0.4, 0.5) is 6.01 Å². The molecule has 31 heavy (non-hydrogen) atoms. The second kappa shape index (κ2) is 10.3. The number of carbonyl (C=O) groups is 2. The molecule has 2 aromatic rings. The second-order valence-electron chi connectivity index (χ2n) is 7.67. The lowest BCUT2D eigenvalue weighted by Crippen LogP contribution is -2.46. The Bertz CT molecular complexity index is 925. The minimum Gasteiger partial charge on any atom is -0.476 e. The number of aromatic amines is 1. The van der Waals surface area contributed by atoms with E-state index in [0.29, 0.717) is 56.3 Å². The molecule has 9 nitrogen and oxygen atoms in total. The van der Waals surface area contributed by atoms with Crippen molar-refractivity contribution in [3.8, 4) is 0 Å². The van der Waals surface area contributed by atoms with E-state index in [0.717, 1.165) is 12.1 Å². The van der Waals surface area contributed by atoms with Gasteiger partial charge < -0.3 is 24.1 Å². The molecule has 2 N–H and O–H groups in total. The van der Waals surface area contributed by atoms with Gasteiger partial charge in [0, 0.05) is 32.5 Å². The van der Waals surface area contributed by atoms with E-state index in [1.54, 1.807) is 0 Å². The number of ether oxygens (including phenoxy) is 1. The Hall–Kier alpha value is -2.39. The molecule has 1 aliphatic rings. The first-order valence-corrected chi connectivity index (χ1v) is 11.1. The average molecular weight is 453 g/mol. The molecule has 1 fully saturated rings. The number of hydrogen-bond acceptors (Lipinski definition) is 7. The number of nitrogens with zero attached hydrogens (tertiary/aromatic N) is 3. The maximum Gasteiger partial charge on any atom is 0.358 e. The maximum absolute atomic E-state index is 12.8. The Balaban J connectivity index is 1.73. The Morgan fingerprint density at radius 3 is 2.65 bits per heavy atom. The number of carbonyl (C=O) groups excluding carboxylic acids is 1. The molecule has 0 unspecified atom stereocenters. The first kappa shape index (κ1) is 23.3. The van der Waals surface area contributed by atoms with E-state index in [2.05, 4.69) is 15.0 Å². The summed E-state index contributed by atoms with van der Waals surface area (Å²) in [5, 5.41) is 9.68. The number of aromatic nitrogens is 3. The highest BCUT2D eigenvalue weighted by molar-refractivity contribution is 6.30. The Labute approximate surface area is 186 Å². The van der Waals surface area contributed by atoms with Gasteiger partial charge in [-0.15, -0.1) is 0 Å². The van der Waals surface area contributed by atoms with Crippen molar-refractivity contribution in [2.24, 2.45) is 5.92 Å². The van der Waals surface area contributed by atoms with Gasteiger partial charge in [0.1, 0.15) is 5.76 Å². The van der Waals surface area contributed by atoms with Crippen molar-refractivity contribution >= 4 is 29.4 Å². The van der Waals surface area contributed by atoms with Crippen molar-refractivity contribution < 1.29 is 23.8 Å². The van der Waals surface area contributed by atoms with Crippen LogP contribution in [0.3, 0.4) is 0 Å². The summed E-state index contributed by atoms with van der Waals surface area (Å²) in [4.78, 5) is 37.5. The number of hydrogen-bond donors (Lipinski definition) is 2. The van der Waals surface area contributed by atoms with Gasteiger partial charge in [0.25, 0.3) is 6.01 Å². The van der Waals surface area contributed by atoms with Gasteiger partial charge in [0.2, 0.25) is 0 Å². The zero-order valence-electron chi connectivity index (χ0n) is 18.1. The van der Waals surface area contributed by atoms with E-state index < -0.39 is 5.97 Å². The number of H-pyrrole nitrogens is 1. The predicted octanol–water partition coefficient (Wildman–Crippen LogP) is 3.77. The number of carboxylic acids is 1. The van der Waals surface area contributed by atoms with Crippen LogP contribution < -0.4 is 4.90 Å². The van der Waals surface area contributed by atoms with Crippen LogP contribution in [-0.2, 0) is 17.6 Å². The molecule has 2 atom stereocenters. The summed E-state index contributed by atoms with van der Waals surface area (Å²) in [6, 6.07) is 0.287. The van der Waals surface area contributed by atoms with Crippen LogP contribution >= 0.6 is 11.6 Å². The quantitative estimate of drug-likeness (QED) is 0.522. The molecule has 3 heterocycles. The third kappa shape index (κ3) is 5.27. The lowest BCUT2D eigenvalue weighted by molar-refractivity contribution is 0.00290. The molecular formula is C21H29ClN4O5. The highest BCUT2D eigenvalue weighted by Crippen LogP contribution is 2.30. The SMILES string of the molecule is CCCO[C@H]1CN(c2nc(C(=O)O)c(CC)o2)CC[C@H]1CC(=O)c1nc(Cl)c(CC)[nH]1. The van der Waals surface area contributed by atoms with Gasteiger partial charge in [0.05, 0.1) is 11.8 Å². The maximum atomic E-state index is 12.8. The molecule has 3 rings (SSSR count). The van der Waals surface area contributed by atoms with Gasteiger partial charge in [-0.3, -0.25) is 4.79 Å². The molecular weight excluding hydrogens is 424 g/mol. The van der Waals surface area contributed by atoms with Crippen LogP contribution in [0.5, 0.6) is 0 Å². The standard InChI is InChI=1S/C21H29ClN4O5/c1-4-9-30-16-11-26(21-24-17(20(28)29)15(6-3)31-21)8-7-12(16)10-14(27)19-23-13(5-2)18(22)25-19/h12,16H,4-11H2,1-3H3,(H,23,25)(H,28,29)/t12-,16-/m0/s1. The normalized spacial score (nSPS) is 19.0. The predicted molar refractivity (Wildman–Crippen MR) is 115 cm³/mol. The zero-order valence-corrected chi connectivity index (χ0v) is 18.9. The molecule has 0 spiro atoms. The first-order chi connectivity index (χ1) is 14.9. The summed E-state index contributed by atoms with van der Waals surface area (Å²) in [5.74, 6) is -0.557. The molecule has 170 valence electrons. The Morgan fingerprint density at radius 2 is 2.06 bits per heavy atom. The summed E-state index contributed by atoms with van der Waals surface area (Å²) in [6.07, 6.45) is 2.74. The summed E-state index contributed by atoms with van der Waals surface area (Å²) < 4.78 is 11.8. The zero-order chi connectivity index (χ0) is 22.5. The van der Waals surface area contributed by atoms with Crippen molar-refractivity contribution in [2.45, 2.75) is 59.0 Å². The number of halogens is 1. The molecule has 0 aliphatic carbocycles. The number of Topliss-reactive ketones (excluding diaryl/α,β-unsaturated/α-hetero) is 1. The van der Waals surface area contributed by atoms with Crippen molar-refractivity contribution in [1.29, 1.82) is 0 Å². The number of aromatic carboxylic acids is 1. The molecule has 0 saturated carbocycles. The van der Waals surface area contributed by atoms with E-state index in [-0.39, 0.29) is 35.3 Å². The highest BCUT2D eigenvalue weighted by Gasteiger charge is 2.35. The van der Waals surface area contributed by atoms with Crippen LogP contribution in [0, 0.1) is 5.92 Å². The number of oxazole rings is 1. The smallest absolute Gasteiger partial charge is 0.358 e. The first-order valence-electron chi connectivity index (χ1n) is 10.7. The number of aryl methyl sites for hydroxylation is 2. The number of carboxylic acid groups (broad SMARTS) is 1. The van der Waals surface area contributed by atoms with Gasteiger partial charge in [-0.05, 0) is 25.2 Å². The van der Waals surface area contributed by atoms with E-state index >= 15 is 0 Å². The molecule has 1 saturated heterocycles. The van der Waals surface area contributed by atoms with Crippen molar-refractivity contribution in [3.05, 3.63) is 28.1 Å². The fraction of sp³-hybridized carbons (Fsp3) is 0.619. The Kier molecular flexibility index (Phi) is 7.72. The number of rotatable bonds is 10. The van der Waals surface area contributed by atoms with Gasteiger partial charge in [0.15, 0.2) is 22.5 Å². The van der Waals surface area contributed by atoms with E-state index in [9.17, 15) is 14.7 Å². The average Bonchev–Trinajstić information content (AvgIpc) is 3.36. The van der Waals surface area contributed by atoms with Gasteiger partial charge in [-0.25, -0.2) is 9.78 Å². The molecule has 2 aromatic heterocycles. The number of nitrogens with one attached hydrogen (secondary N) is 1. The summed E-state index contributed by atoms with van der Waals surface area (Å²) >= 11 is 6.08.